The highest BCUT2D eigenvalue weighted by Crippen LogP contribution is 2.19. The Hall–Kier alpha value is -1.59. The van der Waals surface area contributed by atoms with Crippen molar-refractivity contribution in [1.29, 1.82) is 0 Å². The van der Waals surface area contributed by atoms with Crippen LogP contribution in [0.1, 0.15) is 355 Å². The number of carbonyl (C=O) groups excluding carboxylic acids is 3. The molecule has 1 unspecified atom stereocenters. The summed E-state index contributed by atoms with van der Waals surface area (Å²) in [6, 6.07) is 0. The quantitative estimate of drug-likeness (QED) is 0.0343. The molecule has 6 heteroatoms. The predicted octanol–water partition coefficient (Wildman–Crippen LogP) is 20.6. The van der Waals surface area contributed by atoms with E-state index in [2.05, 4.69) is 27.7 Å². The van der Waals surface area contributed by atoms with Gasteiger partial charge in [-0.2, -0.15) is 0 Å². The molecule has 0 aromatic heterocycles. The Kier molecular flexibility index (Phi) is 55.0. The molecule has 0 heterocycles. The zero-order valence-corrected chi connectivity index (χ0v) is 46.6. The van der Waals surface area contributed by atoms with Crippen LogP contribution in [0, 0.1) is 5.92 Å². The summed E-state index contributed by atoms with van der Waals surface area (Å²) in [7, 11) is 0. The summed E-state index contributed by atoms with van der Waals surface area (Å²) in [5, 5.41) is 0. The Morgan fingerprint density at radius 3 is 0.765 bits per heavy atom. The van der Waals surface area contributed by atoms with Gasteiger partial charge in [-0.3, -0.25) is 14.4 Å². The van der Waals surface area contributed by atoms with E-state index >= 15 is 0 Å². The fourth-order valence-corrected chi connectivity index (χ4v) is 9.60. The van der Waals surface area contributed by atoms with Crippen LogP contribution in [-0.4, -0.2) is 37.2 Å². The summed E-state index contributed by atoms with van der Waals surface area (Å²) in [5.74, 6) is 0.0140. The van der Waals surface area contributed by atoms with Crippen molar-refractivity contribution in [2.45, 2.75) is 361 Å². The summed E-state index contributed by atoms with van der Waals surface area (Å²) < 4.78 is 16.9. The van der Waals surface area contributed by atoms with E-state index in [0.717, 1.165) is 63.7 Å². The first-order valence-corrected chi connectivity index (χ1v) is 30.9. The van der Waals surface area contributed by atoms with Crippen molar-refractivity contribution in [2.75, 3.05) is 13.2 Å². The first-order chi connectivity index (χ1) is 33.4. The lowest BCUT2D eigenvalue weighted by Crippen LogP contribution is -2.30. The van der Waals surface area contributed by atoms with Crippen molar-refractivity contribution < 1.29 is 28.6 Å². The maximum Gasteiger partial charge on any atom is 0.306 e. The average Bonchev–Trinajstić information content (AvgIpc) is 3.34. The van der Waals surface area contributed by atoms with Gasteiger partial charge in [0.25, 0.3) is 0 Å². The normalized spacial score (nSPS) is 12.4. The fourth-order valence-electron chi connectivity index (χ4n) is 9.60. The van der Waals surface area contributed by atoms with Crippen LogP contribution < -0.4 is 0 Å². The zero-order valence-electron chi connectivity index (χ0n) is 46.6. The second-order valence-electron chi connectivity index (χ2n) is 21.6. The van der Waals surface area contributed by atoms with Crippen molar-refractivity contribution in [1.82, 2.24) is 0 Å². The van der Waals surface area contributed by atoms with E-state index in [9.17, 15) is 14.4 Å². The van der Waals surface area contributed by atoms with E-state index in [1.807, 2.05) is 0 Å². The third-order valence-electron chi connectivity index (χ3n) is 14.7. The molecule has 0 aliphatic carbocycles. The van der Waals surface area contributed by atoms with Crippen molar-refractivity contribution in [3.05, 3.63) is 0 Å². The fraction of sp³-hybridized carbons (Fsp3) is 0.952. The van der Waals surface area contributed by atoms with Crippen LogP contribution >= 0.6 is 0 Å². The molecule has 0 spiro atoms. The highest BCUT2D eigenvalue weighted by Gasteiger charge is 2.19. The van der Waals surface area contributed by atoms with E-state index in [4.69, 9.17) is 14.2 Å². The number of ether oxygens (including phenoxy) is 3. The van der Waals surface area contributed by atoms with Gasteiger partial charge < -0.3 is 14.2 Å². The Labute approximate surface area is 425 Å². The number of unbranched alkanes of at least 4 members (excludes halogenated alkanes) is 43. The molecule has 0 aromatic carbocycles. The van der Waals surface area contributed by atoms with Gasteiger partial charge in [0.1, 0.15) is 13.2 Å². The molecule has 0 fully saturated rings. The molecular formula is C62H120O6. The maximum absolute atomic E-state index is 12.9. The van der Waals surface area contributed by atoms with Crippen LogP contribution in [0.15, 0.2) is 0 Å². The molecule has 0 N–H and O–H groups in total. The molecule has 0 aliphatic heterocycles. The van der Waals surface area contributed by atoms with Crippen LogP contribution in [0.2, 0.25) is 0 Å². The van der Waals surface area contributed by atoms with Gasteiger partial charge in [0.05, 0.1) is 0 Å². The third-order valence-corrected chi connectivity index (χ3v) is 14.7. The predicted molar refractivity (Wildman–Crippen MR) is 293 cm³/mol. The van der Waals surface area contributed by atoms with Gasteiger partial charge in [-0.25, -0.2) is 0 Å². The lowest BCUT2D eigenvalue weighted by Gasteiger charge is -2.18. The largest absolute Gasteiger partial charge is 0.462 e. The minimum atomic E-state index is -0.763. The monoisotopic (exact) mass is 961 g/mol. The molecule has 0 saturated heterocycles. The zero-order chi connectivity index (χ0) is 49.5. The molecule has 0 aromatic rings. The molecule has 0 radical (unpaired) electrons. The molecule has 0 amide bonds. The van der Waals surface area contributed by atoms with Gasteiger partial charge in [-0.05, 0) is 25.2 Å². The molecule has 68 heavy (non-hydrogen) atoms. The van der Waals surface area contributed by atoms with Crippen LogP contribution in [0.5, 0.6) is 0 Å². The van der Waals surface area contributed by atoms with E-state index in [1.54, 1.807) is 0 Å². The van der Waals surface area contributed by atoms with Gasteiger partial charge in [-0.15, -0.1) is 0 Å². The summed E-state index contributed by atoms with van der Waals surface area (Å²) in [6.07, 6.45) is 62.4. The second kappa shape index (κ2) is 56.3. The first kappa shape index (κ1) is 66.4. The lowest BCUT2D eigenvalue weighted by atomic mass is 9.99. The summed E-state index contributed by atoms with van der Waals surface area (Å²) >= 11 is 0. The maximum atomic E-state index is 12.9. The number of esters is 3. The Bertz CT molecular complexity index is 1030. The molecule has 2 atom stereocenters. The smallest absolute Gasteiger partial charge is 0.306 e. The van der Waals surface area contributed by atoms with E-state index < -0.39 is 6.10 Å². The van der Waals surface area contributed by atoms with Gasteiger partial charge in [0, 0.05) is 19.3 Å². The van der Waals surface area contributed by atoms with E-state index in [-0.39, 0.29) is 31.1 Å². The summed E-state index contributed by atoms with van der Waals surface area (Å²) in [6.45, 7) is 9.07. The molecule has 0 saturated carbocycles. The third kappa shape index (κ3) is 53.8. The summed E-state index contributed by atoms with van der Waals surface area (Å²) in [4.78, 5) is 38.2. The lowest BCUT2D eigenvalue weighted by molar-refractivity contribution is -0.167. The SMILES string of the molecule is CCCCCCCCCCCCCCCCCCCCCC(=O)OC[C@H](COC(=O)CCCCCCCCCCC(C)CC)OC(=O)CCCCCCCCCCCCCCCCCCCCC. The molecular weight excluding hydrogens is 841 g/mol. The van der Waals surface area contributed by atoms with Crippen molar-refractivity contribution in [2.24, 2.45) is 5.92 Å². The van der Waals surface area contributed by atoms with Crippen LogP contribution in [0.25, 0.3) is 0 Å². The molecule has 0 aliphatic rings. The Morgan fingerprint density at radius 2 is 0.515 bits per heavy atom. The second-order valence-corrected chi connectivity index (χ2v) is 21.6. The van der Waals surface area contributed by atoms with Gasteiger partial charge in [-0.1, -0.05) is 317 Å². The Morgan fingerprint density at radius 1 is 0.294 bits per heavy atom. The molecule has 6 nitrogen and oxygen atoms in total. The van der Waals surface area contributed by atoms with E-state index in [0.29, 0.717) is 19.3 Å². The summed E-state index contributed by atoms with van der Waals surface area (Å²) in [5.41, 5.74) is 0. The van der Waals surface area contributed by atoms with Crippen molar-refractivity contribution in [3.8, 4) is 0 Å². The van der Waals surface area contributed by atoms with Crippen LogP contribution in [0.3, 0.4) is 0 Å². The number of rotatable bonds is 57. The first-order valence-electron chi connectivity index (χ1n) is 30.9. The molecule has 404 valence electrons. The topological polar surface area (TPSA) is 78.9 Å². The highest BCUT2D eigenvalue weighted by atomic mass is 16.6. The van der Waals surface area contributed by atoms with Crippen LogP contribution in [0.4, 0.5) is 0 Å². The van der Waals surface area contributed by atoms with E-state index in [1.165, 1.54) is 250 Å². The molecule has 0 bridgehead atoms. The minimum absolute atomic E-state index is 0.0620. The number of hydrogen-bond donors (Lipinski definition) is 0. The van der Waals surface area contributed by atoms with Gasteiger partial charge in [0.2, 0.25) is 0 Å². The minimum Gasteiger partial charge on any atom is -0.462 e. The van der Waals surface area contributed by atoms with Gasteiger partial charge in [0.15, 0.2) is 6.10 Å². The highest BCUT2D eigenvalue weighted by molar-refractivity contribution is 5.71. The van der Waals surface area contributed by atoms with Crippen LogP contribution in [-0.2, 0) is 28.6 Å². The van der Waals surface area contributed by atoms with Crippen molar-refractivity contribution in [3.63, 3.8) is 0 Å². The number of carbonyl (C=O) groups is 3. The standard InChI is InChI=1S/C62H120O6/c1-5-8-10-12-14-16-18-20-22-24-26-28-30-32-34-36-41-45-49-53-60(63)66-56-59(57-67-61(64)54-50-46-42-39-38-40-44-48-52-58(4)7-3)68-62(65)55-51-47-43-37-35-33-31-29-27-25-23-21-19-17-15-13-11-9-6-2/h58-59H,5-57H2,1-4H3/t58?,59-/m1/s1. The number of hydrogen-bond acceptors (Lipinski definition) is 6. The Balaban J connectivity index is 4.25. The molecule has 0 rings (SSSR count). The average molecular weight is 962 g/mol. The van der Waals surface area contributed by atoms with Crippen molar-refractivity contribution >= 4 is 17.9 Å². The van der Waals surface area contributed by atoms with Gasteiger partial charge >= 0.3 is 17.9 Å².